The van der Waals surface area contributed by atoms with Crippen LogP contribution in [0.15, 0.2) is 55.0 Å². The molecule has 0 saturated heterocycles. The normalized spacial score (nSPS) is 15.3. The van der Waals surface area contributed by atoms with Crippen LogP contribution in [0.5, 0.6) is 5.75 Å². The van der Waals surface area contributed by atoms with E-state index in [9.17, 15) is 4.79 Å². The van der Waals surface area contributed by atoms with E-state index in [-0.39, 0.29) is 11.8 Å². The van der Waals surface area contributed by atoms with Gasteiger partial charge in [-0.3, -0.25) is 4.79 Å². The quantitative estimate of drug-likeness (QED) is 0.476. The minimum absolute atomic E-state index is 0.0133. The van der Waals surface area contributed by atoms with Gasteiger partial charge in [0, 0.05) is 47.5 Å². The number of carbonyl (C=O) groups is 1. The molecule has 0 aliphatic carbocycles. The van der Waals surface area contributed by atoms with Crippen molar-refractivity contribution in [3.8, 4) is 17.0 Å². The summed E-state index contributed by atoms with van der Waals surface area (Å²) in [7, 11) is 1.68. The summed E-state index contributed by atoms with van der Waals surface area (Å²) in [6.07, 6.45) is 7.24. The van der Waals surface area contributed by atoms with Crippen molar-refractivity contribution in [2.24, 2.45) is 5.92 Å². The molecule has 0 fully saturated rings. The second kappa shape index (κ2) is 8.00. The van der Waals surface area contributed by atoms with Crippen molar-refractivity contribution in [3.05, 3.63) is 66.1 Å². The number of rotatable bonds is 5. The van der Waals surface area contributed by atoms with E-state index in [1.165, 1.54) is 0 Å². The monoisotopic (exact) mass is 427 g/mol. The van der Waals surface area contributed by atoms with Crippen molar-refractivity contribution < 1.29 is 9.53 Å². The van der Waals surface area contributed by atoms with Gasteiger partial charge >= 0.3 is 0 Å². The lowest BCUT2D eigenvalue weighted by molar-refractivity contribution is -0.119. The number of nitrogens with zero attached hydrogens (tertiary/aromatic N) is 3. The molecule has 3 heterocycles. The fourth-order valence-electron chi connectivity index (χ4n) is 4.11. The Morgan fingerprint density at radius 2 is 2.12 bits per heavy atom. The maximum absolute atomic E-state index is 12.1. The lowest BCUT2D eigenvalue weighted by Crippen LogP contribution is -2.27. The largest absolute Gasteiger partial charge is 0.496 e. The minimum Gasteiger partial charge on any atom is -0.496 e. The van der Waals surface area contributed by atoms with E-state index in [2.05, 4.69) is 40.7 Å². The number of nitrogens with one attached hydrogen (secondary N) is 2. The first-order valence-corrected chi connectivity index (χ1v) is 10.8. The van der Waals surface area contributed by atoms with Crippen LogP contribution in [0.1, 0.15) is 25.0 Å². The summed E-state index contributed by atoms with van der Waals surface area (Å²) in [5, 5.41) is 6.41. The molecule has 1 amide bonds. The predicted octanol–water partition coefficient (Wildman–Crippen LogP) is 4.84. The summed E-state index contributed by atoms with van der Waals surface area (Å²) in [6.45, 7) is 4.05. The average molecular weight is 428 g/mol. The van der Waals surface area contributed by atoms with Gasteiger partial charge in [-0.2, -0.15) is 0 Å². The molecule has 4 aromatic rings. The molecule has 0 bridgehead atoms. The van der Waals surface area contributed by atoms with Crippen molar-refractivity contribution in [2.75, 3.05) is 17.7 Å². The van der Waals surface area contributed by atoms with Gasteiger partial charge in [0.15, 0.2) is 11.5 Å². The standard InChI is InChI=1S/C25H25N5O2/c1-4-16-7-8-19(13-22(16)32-3)27-23-24-26-9-10-30(24)14-21(28-23)18-6-5-17-11-15(2)25(31)29-20(17)12-18/h5-10,12-15H,4,11H2,1-3H3,(H,27,28)(H,29,31). The fraction of sp³-hybridized carbons (Fsp3) is 0.240. The first kappa shape index (κ1) is 20.1. The van der Waals surface area contributed by atoms with Crippen LogP contribution in [0.25, 0.3) is 16.9 Å². The van der Waals surface area contributed by atoms with E-state index in [1.54, 1.807) is 13.3 Å². The highest BCUT2D eigenvalue weighted by Gasteiger charge is 2.22. The number of ether oxygens (including phenoxy) is 1. The highest BCUT2D eigenvalue weighted by molar-refractivity contribution is 5.96. The van der Waals surface area contributed by atoms with Gasteiger partial charge in [-0.25, -0.2) is 9.97 Å². The first-order valence-electron chi connectivity index (χ1n) is 10.8. The van der Waals surface area contributed by atoms with Crippen LogP contribution in [0.4, 0.5) is 17.2 Å². The van der Waals surface area contributed by atoms with E-state index in [0.29, 0.717) is 5.82 Å². The van der Waals surface area contributed by atoms with Gasteiger partial charge in [0.25, 0.3) is 0 Å². The molecular weight excluding hydrogens is 402 g/mol. The lowest BCUT2D eigenvalue weighted by atomic mass is 9.93. The lowest BCUT2D eigenvalue weighted by Gasteiger charge is -2.22. The third-order valence-corrected chi connectivity index (χ3v) is 5.94. The molecule has 5 rings (SSSR count). The van der Waals surface area contributed by atoms with E-state index < -0.39 is 0 Å². The molecule has 162 valence electrons. The molecule has 2 aromatic carbocycles. The molecule has 1 unspecified atom stereocenters. The Labute approximate surface area is 186 Å². The number of fused-ring (bicyclic) bond motifs is 2. The van der Waals surface area contributed by atoms with E-state index >= 15 is 0 Å². The predicted molar refractivity (Wildman–Crippen MR) is 126 cm³/mol. The maximum Gasteiger partial charge on any atom is 0.227 e. The van der Waals surface area contributed by atoms with Gasteiger partial charge in [0.1, 0.15) is 5.75 Å². The molecule has 0 saturated carbocycles. The third kappa shape index (κ3) is 3.56. The van der Waals surface area contributed by atoms with Crippen LogP contribution in [0, 0.1) is 5.92 Å². The number of hydrogen-bond acceptors (Lipinski definition) is 5. The summed E-state index contributed by atoms with van der Waals surface area (Å²) in [4.78, 5) is 21.5. The summed E-state index contributed by atoms with van der Waals surface area (Å²) in [5.41, 5.74) is 6.46. The zero-order valence-electron chi connectivity index (χ0n) is 18.3. The van der Waals surface area contributed by atoms with Crippen molar-refractivity contribution in [2.45, 2.75) is 26.7 Å². The number of carbonyl (C=O) groups excluding carboxylic acids is 1. The summed E-state index contributed by atoms with van der Waals surface area (Å²) >= 11 is 0. The van der Waals surface area contributed by atoms with Gasteiger partial charge in [0.2, 0.25) is 5.91 Å². The molecule has 7 heteroatoms. The molecule has 7 nitrogen and oxygen atoms in total. The first-order chi connectivity index (χ1) is 15.6. The average Bonchev–Trinajstić information content (AvgIpc) is 3.28. The second-order valence-electron chi connectivity index (χ2n) is 8.10. The van der Waals surface area contributed by atoms with Gasteiger partial charge in [-0.15, -0.1) is 0 Å². The molecular formula is C25H25N5O2. The zero-order chi connectivity index (χ0) is 22.2. The van der Waals surface area contributed by atoms with Crippen molar-refractivity contribution in [1.29, 1.82) is 0 Å². The molecule has 0 spiro atoms. The van der Waals surface area contributed by atoms with E-state index in [0.717, 1.165) is 58.0 Å². The van der Waals surface area contributed by atoms with Gasteiger partial charge in [-0.1, -0.05) is 32.0 Å². The summed E-state index contributed by atoms with van der Waals surface area (Å²) < 4.78 is 7.48. The number of benzene rings is 2. The fourth-order valence-corrected chi connectivity index (χ4v) is 4.11. The summed E-state index contributed by atoms with van der Waals surface area (Å²) in [5.74, 6) is 1.53. The Kier molecular flexibility index (Phi) is 5.01. The number of imidazole rings is 1. The number of aryl methyl sites for hydroxylation is 1. The molecule has 2 N–H and O–H groups in total. The number of amides is 1. The maximum atomic E-state index is 12.1. The number of hydrogen-bond donors (Lipinski definition) is 2. The molecule has 1 aliphatic heterocycles. The molecule has 32 heavy (non-hydrogen) atoms. The van der Waals surface area contributed by atoms with Crippen LogP contribution in [0.3, 0.4) is 0 Å². The van der Waals surface area contributed by atoms with Crippen LogP contribution in [-0.2, 0) is 17.6 Å². The molecule has 1 atom stereocenters. The Morgan fingerprint density at radius 1 is 1.25 bits per heavy atom. The van der Waals surface area contributed by atoms with Crippen molar-refractivity contribution in [1.82, 2.24) is 14.4 Å². The van der Waals surface area contributed by atoms with Crippen molar-refractivity contribution >= 4 is 28.7 Å². The smallest absolute Gasteiger partial charge is 0.227 e. The molecule has 2 aromatic heterocycles. The number of anilines is 3. The van der Waals surface area contributed by atoms with Gasteiger partial charge < -0.3 is 19.8 Å². The molecule has 1 aliphatic rings. The number of methoxy groups -OCH3 is 1. The topological polar surface area (TPSA) is 80.6 Å². The van der Waals surface area contributed by atoms with Crippen LogP contribution in [0.2, 0.25) is 0 Å². The highest BCUT2D eigenvalue weighted by Crippen LogP contribution is 2.32. The van der Waals surface area contributed by atoms with Crippen molar-refractivity contribution in [3.63, 3.8) is 0 Å². The van der Waals surface area contributed by atoms with Gasteiger partial charge in [0.05, 0.1) is 12.8 Å². The second-order valence-corrected chi connectivity index (χ2v) is 8.10. The Bertz CT molecular complexity index is 1330. The van der Waals surface area contributed by atoms with Crippen LogP contribution >= 0.6 is 0 Å². The highest BCUT2D eigenvalue weighted by atomic mass is 16.5. The van der Waals surface area contributed by atoms with Gasteiger partial charge in [-0.05, 0) is 36.1 Å². The zero-order valence-corrected chi connectivity index (χ0v) is 18.3. The Balaban J connectivity index is 1.54. The van der Waals surface area contributed by atoms with Crippen LogP contribution < -0.4 is 15.4 Å². The van der Waals surface area contributed by atoms with Crippen LogP contribution in [-0.4, -0.2) is 27.4 Å². The Hall–Kier alpha value is -3.87. The summed E-state index contributed by atoms with van der Waals surface area (Å²) in [6, 6.07) is 12.2. The van der Waals surface area contributed by atoms with E-state index in [1.807, 2.05) is 41.9 Å². The minimum atomic E-state index is -0.0133. The Morgan fingerprint density at radius 3 is 2.94 bits per heavy atom. The molecule has 0 radical (unpaired) electrons. The SMILES string of the molecule is CCc1ccc(Nc2nc(-c3ccc4c(c3)NC(=O)C(C)C4)cn3ccnc23)cc1OC. The number of aromatic nitrogens is 3. The van der Waals surface area contributed by atoms with E-state index in [4.69, 9.17) is 9.72 Å². The third-order valence-electron chi connectivity index (χ3n) is 5.94.